The van der Waals surface area contributed by atoms with Crippen LogP contribution in [0.1, 0.15) is 28.8 Å². The standard InChI is InChI=1S/C20H21NO5/c1-14-6-3-4-9-17(14)21-19(23)10-11-20(24)26-13-18(22)15-7-5-8-16(12-15)25-2/h3-9,12H,10-11,13H2,1-2H3,(H,21,23). The van der Waals surface area contributed by atoms with Gasteiger partial charge in [-0.15, -0.1) is 0 Å². The van der Waals surface area contributed by atoms with Gasteiger partial charge in [-0.3, -0.25) is 14.4 Å². The number of Topliss-reactive ketones (excluding diaryl/α,β-unsaturated/α-hetero) is 1. The molecule has 0 aromatic heterocycles. The number of carbonyl (C=O) groups excluding carboxylic acids is 3. The molecule has 6 nitrogen and oxygen atoms in total. The molecular formula is C20H21NO5. The van der Waals surface area contributed by atoms with Crippen molar-refractivity contribution in [3.63, 3.8) is 0 Å². The summed E-state index contributed by atoms with van der Waals surface area (Å²) in [7, 11) is 1.51. The molecule has 136 valence electrons. The first kappa shape index (κ1) is 19.2. The molecule has 0 bridgehead atoms. The number of anilines is 1. The molecule has 26 heavy (non-hydrogen) atoms. The van der Waals surface area contributed by atoms with Crippen molar-refractivity contribution >= 4 is 23.3 Å². The van der Waals surface area contributed by atoms with Crippen LogP contribution < -0.4 is 10.1 Å². The monoisotopic (exact) mass is 355 g/mol. The summed E-state index contributed by atoms with van der Waals surface area (Å²) < 4.78 is 10.00. The van der Waals surface area contributed by atoms with E-state index in [1.165, 1.54) is 7.11 Å². The minimum atomic E-state index is -0.596. The van der Waals surface area contributed by atoms with Gasteiger partial charge in [-0.25, -0.2) is 0 Å². The fourth-order valence-corrected chi connectivity index (χ4v) is 2.24. The number of ketones is 1. The molecule has 0 spiro atoms. The molecule has 2 aromatic carbocycles. The van der Waals surface area contributed by atoms with Crippen molar-refractivity contribution in [1.29, 1.82) is 0 Å². The van der Waals surface area contributed by atoms with Crippen LogP contribution in [0.3, 0.4) is 0 Å². The quantitative estimate of drug-likeness (QED) is 0.581. The van der Waals surface area contributed by atoms with Gasteiger partial charge in [-0.2, -0.15) is 0 Å². The summed E-state index contributed by atoms with van der Waals surface area (Å²) in [5, 5.41) is 2.74. The van der Waals surface area contributed by atoms with Gasteiger partial charge in [0.05, 0.1) is 13.5 Å². The first-order valence-electron chi connectivity index (χ1n) is 8.18. The van der Waals surface area contributed by atoms with Gasteiger partial charge in [0, 0.05) is 17.7 Å². The van der Waals surface area contributed by atoms with Gasteiger partial charge in [0.25, 0.3) is 0 Å². The molecule has 2 rings (SSSR count). The van der Waals surface area contributed by atoms with Gasteiger partial charge in [0.15, 0.2) is 12.4 Å². The summed E-state index contributed by atoms with van der Waals surface area (Å²) in [5.74, 6) is -0.659. The second-order valence-electron chi connectivity index (χ2n) is 5.68. The van der Waals surface area contributed by atoms with Crippen LogP contribution in [0.15, 0.2) is 48.5 Å². The number of para-hydroxylation sites is 1. The number of aryl methyl sites for hydroxylation is 1. The van der Waals surface area contributed by atoms with Crippen LogP contribution in [0.25, 0.3) is 0 Å². The minimum absolute atomic E-state index is 0.0134. The summed E-state index contributed by atoms with van der Waals surface area (Å²) in [6, 6.07) is 14.0. The first-order valence-corrected chi connectivity index (χ1v) is 8.18. The molecule has 0 aliphatic carbocycles. The second kappa shape index (κ2) is 9.36. The summed E-state index contributed by atoms with van der Waals surface area (Å²) in [6.07, 6.45) is -0.108. The van der Waals surface area contributed by atoms with Crippen LogP contribution in [0.4, 0.5) is 5.69 Å². The predicted molar refractivity (Wildman–Crippen MR) is 97.3 cm³/mol. The van der Waals surface area contributed by atoms with Crippen molar-refractivity contribution in [3.8, 4) is 5.75 Å². The average Bonchev–Trinajstić information content (AvgIpc) is 2.66. The highest BCUT2D eigenvalue weighted by Gasteiger charge is 2.13. The Morgan fingerprint density at radius 3 is 2.50 bits per heavy atom. The number of esters is 1. The maximum atomic E-state index is 12.0. The van der Waals surface area contributed by atoms with E-state index in [4.69, 9.17) is 9.47 Å². The smallest absolute Gasteiger partial charge is 0.306 e. The molecule has 1 amide bonds. The first-order chi connectivity index (χ1) is 12.5. The summed E-state index contributed by atoms with van der Waals surface area (Å²) >= 11 is 0. The van der Waals surface area contributed by atoms with E-state index in [-0.39, 0.29) is 31.1 Å². The van der Waals surface area contributed by atoms with E-state index < -0.39 is 5.97 Å². The Kier molecular flexibility index (Phi) is 6.91. The third-order valence-corrected chi connectivity index (χ3v) is 3.73. The molecule has 0 aliphatic heterocycles. The number of rotatable bonds is 8. The molecule has 0 radical (unpaired) electrons. The molecule has 0 saturated carbocycles. The SMILES string of the molecule is COc1cccc(C(=O)COC(=O)CCC(=O)Nc2ccccc2C)c1. The van der Waals surface area contributed by atoms with Crippen molar-refractivity contribution < 1.29 is 23.9 Å². The Labute approximate surface area is 152 Å². The molecule has 0 saturated heterocycles. The van der Waals surface area contributed by atoms with Crippen LogP contribution >= 0.6 is 0 Å². The topological polar surface area (TPSA) is 81.7 Å². The number of amides is 1. The van der Waals surface area contributed by atoms with Gasteiger partial charge in [-0.05, 0) is 30.7 Å². The number of carbonyl (C=O) groups is 3. The van der Waals surface area contributed by atoms with Gasteiger partial charge < -0.3 is 14.8 Å². The van der Waals surface area contributed by atoms with E-state index in [0.29, 0.717) is 17.0 Å². The predicted octanol–water partition coefficient (Wildman–Crippen LogP) is 3.15. The van der Waals surface area contributed by atoms with E-state index in [9.17, 15) is 14.4 Å². The highest BCUT2D eigenvalue weighted by Crippen LogP contribution is 2.14. The van der Waals surface area contributed by atoms with E-state index in [2.05, 4.69) is 5.32 Å². The van der Waals surface area contributed by atoms with Gasteiger partial charge in [0.2, 0.25) is 5.91 Å². The zero-order chi connectivity index (χ0) is 18.9. The number of nitrogens with one attached hydrogen (secondary N) is 1. The van der Waals surface area contributed by atoms with E-state index in [1.54, 1.807) is 30.3 Å². The lowest BCUT2D eigenvalue weighted by Crippen LogP contribution is -2.17. The number of hydrogen-bond acceptors (Lipinski definition) is 5. The highest BCUT2D eigenvalue weighted by atomic mass is 16.5. The van der Waals surface area contributed by atoms with Crippen LogP contribution in [0.2, 0.25) is 0 Å². The summed E-state index contributed by atoms with van der Waals surface area (Å²) in [4.78, 5) is 35.7. The molecule has 0 unspecified atom stereocenters. The Bertz CT molecular complexity index is 800. The fourth-order valence-electron chi connectivity index (χ4n) is 2.24. The highest BCUT2D eigenvalue weighted by molar-refractivity contribution is 5.98. The molecule has 2 aromatic rings. The zero-order valence-corrected chi connectivity index (χ0v) is 14.8. The lowest BCUT2D eigenvalue weighted by Gasteiger charge is -2.08. The lowest BCUT2D eigenvalue weighted by molar-refractivity contribution is -0.143. The van der Waals surface area contributed by atoms with Crippen molar-refractivity contribution in [2.75, 3.05) is 19.0 Å². The summed E-state index contributed by atoms with van der Waals surface area (Å²) in [6.45, 7) is 1.51. The van der Waals surface area contributed by atoms with Gasteiger partial charge >= 0.3 is 5.97 Å². The van der Waals surface area contributed by atoms with Crippen LogP contribution in [-0.2, 0) is 14.3 Å². The molecule has 0 heterocycles. The fraction of sp³-hybridized carbons (Fsp3) is 0.250. The van der Waals surface area contributed by atoms with Crippen LogP contribution in [0, 0.1) is 6.92 Å². The number of hydrogen-bond donors (Lipinski definition) is 1. The molecule has 0 atom stereocenters. The number of benzene rings is 2. The maximum Gasteiger partial charge on any atom is 0.306 e. The normalized spacial score (nSPS) is 10.1. The van der Waals surface area contributed by atoms with Gasteiger partial charge in [-0.1, -0.05) is 30.3 Å². The van der Waals surface area contributed by atoms with E-state index in [0.717, 1.165) is 5.56 Å². The van der Waals surface area contributed by atoms with E-state index >= 15 is 0 Å². The van der Waals surface area contributed by atoms with Crippen molar-refractivity contribution in [3.05, 3.63) is 59.7 Å². The average molecular weight is 355 g/mol. The molecule has 1 N–H and O–H groups in total. The number of ether oxygens (including phenoxy) is 2. The van der Waals surface area contributed by atoms with Gasteiger partial charge in [0.1, 0.15) is 5.75 Å². The lowest BCUT2D eigenvalue weighted by atomic mass is 10.1. The molecule has 0 aliphatic rings. The number of methoxy groups -OCH3 is 1. The third kappa shape index (κ3) is 5.73. The largest absolute Gasteiger partial charge is 0.497 e. The Hall–Kier alpha value is -3.15. The zero-order valence-electron chi connectivity index (χ0n) is 14.8. The summed E-state index contributed by atoms with van der Waals surface area (Å²) in [5.41, 5.74) is 2.04. The molecule has 0 fully saturated rings. The van der Waals surface area contributed by atoms with Crippen molar-refractivity contribution in [1.82, 2.24) is 0 Å². The van der Waals surface area contributed by atoms with Crippen molar-refractivity contribution in [2.45, 2.75) is 19.8 Å². The maximum absolute atomic E-state index is 12.0. The molecule has 6 heteroatoms. The Morgan fingerprint density at radius 1 is 1.00 bits per heavy atom. The minimum Gasteiger partial charge on any atom is -0.497 e. The van der Waals surface area contributed by atoms with Crippen LogP contribution in [0.5, 0.6) is 5.75 Å². The third-order valence-electron chi connectivity index (χ3n) is 3.73. The van der Waals surface area contributed by atoms with E-state index in [1.807, 2.05) is 25.1 Å². The Morgan fingerprint density at radius 2 is 1.77 bits per heavy atom. The Balaban J connectivity index is 1.75. The molecular weight excluding hydrogens is 334 g/mol. The second-order valence-corrected chi connectivity index (χ2v) is 5.68. The van der Waals surface area contributed by atoms with Crippen molar-refractivity contribution in [2.24, 2.45) is 0 Å². The van der Waals surface area contributed by atoms with Crippen LogP contribution in [-0.4, -0.2) is 31.4 Å².